The Morgan fingerprint density at radius 2 is 2.36 bits per heavy atom. The molecule has 1 unspecified atom stereocenters. The van der Waals surface area contributed by atoms with E-state index in [2.05, 4.69) is 25.3 Å². The minimum absolute atomic E-state index is 0.159. The molecule has 1 aliphatic rings. The van der Waals surface area contributed by atoms with E-state index >= 15 is 0 Å². The van der Waals surface area contributed by atoms with Crippen molar-refractivity contribution in [3.05, 3.63) is 23.3 Å². The lowest BCUT2D eigenvalue weighted by atomic mass is 10.2. The van der Waals surface area contributed by atoms with Gasteiger partial charge in [0.1, 0.15) is 11.4 Å². The molecule has 9 heteroatoms. The van der Waals surface area contributed by atoms with Gasteiger partial charge in [0, 0.05) is 13.7 Å². The SMILES string of the molecule is Cc1nonc1CN(C)C(=O)c1cn(CC2CCCO2)nn1. The zero-order chi connectivity index (χ0) is 15.5. The van der Waals surface area contributed by atoms with Crippen LogP contribution in [0.5, 0.6) is 0 Å². The standard InChI is InChI=1S/C13H18N6O3/c1-9-11(16-22-15-9)7-18(2)13(20)12-8-19(17-14-12)6-10-4-3-5-21-10/h8,10H,3-7H2,1-2H3. The predicted molar refractivity (Wildman–Crippen MR) is 73.8 cm³/mol. The number of ether oxygens (including phenoxy) is 1. The van der Waals surface area contributed by atoms with Gasteiger partial charge in [-0.2, -0.15) is 0 Å². The number of nitrogens with zero attached hydrogens (tertiary/aromatic N) is 6. The molecule has 22 heavy (non-hydrogen) atoms. The van der Waals surface area contributed by atoms with Crippen molar-refractivity contribution in [1.82, 2.24) is 30.2 Å². The van der Waals surface area contributed by atoms with Crippen molar-refractivity contribution in [2.24, 2.45) is 0 Å². The lowest BCUT2D eigenvalue weighted by Crippen LogP contribution is -2.27. The van der Waals surface area contributed by atoms with E-state index in [1.165, 1.54) is 4.90 Å². The summed E-state index contributed by atoms with van der Waals surface area (Å²) in [6.07, 6.45) is 3.89. The molecule has 1 fully saturated rings. The van der Waals surface area contributed by atoms with Gasteiger partial charge in [0.2, 0.25) is 0 Å². The average molecular weight is 306 g/mol. The second kappa shape index (κ2) is 6.22. The molecule has 2 aromatic heterocycles. The first-order valence-electron chi connectivity index (χ1n) is 7.18. The van der Waals surface area contributed by atoms with Crippen molar-refractivity contribution < 1.29 is 14.2 Å². The number of hydrogen-bond donors (Lipinski definition) is 0. The summed E-state index contributed by atoms with van der Waals surface area (Å²) in [7, 11) is 1.68. The van der Waals surface area contributed by atoms with E-state index in [0.29, 0.717) is 30.2 Å². The predicted octanol–water partition coefficient (Wildman–Crippen LogP) is 0.421. The van der Waals surface area contributed by atoms with Gasteiger partial charge in [-0.15, -0.1) is 5.10 Å². The summed E-state index contributed by atoms with van der Waals surface area (Å²) in [5.74, 6) is -0.221. The highest BCUT2D eigenvalue weighted by molar-refractivity contribution is 5.91. The molecular weight excluding hydrogens is 288 g/mol. The summed E-state index contributed by atoms with van der Waals surface area (Å²) in [5.41, 5.74) is 1.60. The molecule has 0 aromatic carbocycles. The van der Waals surface area contributed by atoms with Gasteiger partial charge in [-0.3, -0.25) is 4.79 Å². The van der Waals surface area contributed by atoms with Crippen molar-refractivity contribution in [2.75, 3.05) is 13.7 Å². The molecule has 1 atom stereocenters. The molecule has 3 rings (SSSR count). The normalized spacial score (nSPS) is 17.8. The van der Waals surface area contributed by atoms with Gasteiger partial charge in [-0.05, 0) is 19.8 Å². The summed E-state index contributed by atoms with van der Waals surface area (Å²) in [6, 6.07) is 0. The van der Waals surface area contributed by atoms with Crippen LogP contribution in [0.15, 0.2) is 10.8 Å². The molecule has 2 aromatic rings. The van der Waals surface area contributed by atoms with Crippen molar-refractivity contribution in [3.8, 4) is 0 Å². The topological polar surface area (TPSA) is 99.2 Å². The quantitative estimate of drug-likeness (QED) is 0.789. The molecule has 0 spiro atoms. The first-order valence-corrected chi connectivity index (χ1v) is 7.18. The molecule has 0 radical (unpaired) electrons. The second-order valence-electron chi connectivity index (χ2n) is 5.42. The number of rotatable bonds is 5. The van der Waals surface area contributed by atoms with Crippen molar-refractivity contribution in [2.45, 2.75) is 39.0 Å². The fourth-order valence-corrected chi connectivity index (χ4v) is 2.37. The Morgan fingerprint density at radius 1 is 1.50 bits per heavy atom. The van der Waals surface area contributed by atoms with Crippen LogP contribution in [-0.2, 0) is 17.8 Å². The smallest absolute Gasteiger partial charge is 0.276 e. The Bertz CT molecular complexity index is 646. The Labute approximate surface area is 127 Å². The summed E-state index contributed by atoms with van der Waals surface area (Å²) in [4.78, 5) is 13.8. The van der Waals surface area contributed by atoms with Crippen LogP contribution in [-0.4, -0.2) is 55.9 Å². The minimum Gasteiger partial charge on any atom is -0.376 e. The maximum absolute atomic E-state index is 12.3. The Hall–Kier alpha value is -2.29. The third-order valence-electron chi connectivity index (χ3n) is 3.65. The van der Waals surface area contributed by atoms with Crippen LogP contribution in [0.1, 0.15) is 34.7 Å². The van der Waals surface area contributed by atoms with E-state index in [4.69, 9.17) is 4.74 Å². The van der Waals surface area contributed by atoms with E-state index in [9.17, 15) is 4.79 Å². The summed E-state index contributed by atoms with van der Waals surface area (Å²) >= 11 is 0. The first kappa shape index (κ1) is 14.6. The van der Waals surface area contributed by atoms with Crippen molar-refractivity contribution in [3.63, 3.8) is 0 Å². The summed E-state index contributed by atoms with van der Waals surface area (Å²) in [6.45, 7) is 3.50. The lowest BCUT2D eigenvalue weighted by molar-refractivity contribution is 0.0775. The zero-order valence-corrected chi connectivity index (χ0v) is 12.6. The van der Waals surface area contributed by atoms with Crippen LogP contribution in [0.2, 0.25) is 0 Å². The minimum atomic E-state index is -0.221. The third-order valence-corrected chi connectivity index (χ3v) is 3.65. The maximum Gasteiger partial charge on any atom is 0.276 e. The highest BCUT2D eigenvalue weighted by Gasteiger charge is 2.21. The lowest BCUT2D eigenvalue weighted by Gasteiger charge is -2.13. The van der Waals surface area contributed by atoms with Crippen LogP contribution in [0.3, 0.4) is 0 Å². The third kappa shape index (κ3) is 3.14. The number of carbonyl (C=O) groups excluding carboxylic acids is 1. The molecule has 0 bridgehead atoms. The summed E-state index contributed by atoms with van der Waals surface area (Å²) in [5, 5.41) is 15.4. The van der Waals surface area contributed by atoms with Gasteiger partial charge >= 0.3 is 0 Å². The molecule has 118 valence electrons. The van der Waals surface area contributed by atoms with Crippen LogP contribution in [0.25, 0.3) is 0 Å². The van der Waals surface area contributed by atoms with Crippen molar-refractivity contribution >= 4 is 5.91 Å². The molecule has 0 N–H and O–H groups in total. The zero-order valence-electron chi connectivity index (χ0n) is 12.6. The molecule has 3 heterocycles. The van der Waals surface area contributed by atoms with Gasteiger partial charge in [-0.25, -0.2) is 9.31 Å². The van der Waals surface area contributed by atoms with Crippen LogP contribution < -0.4 is 0 Å². The Balaban J connectivity index is 1.61. The van der Waals surface area contributed by atoms with Gasteiger partial charge in [0.25, 0.3) is 5.91 Å². The Morgan fingerprint density at radius 3 is 3.05 bits per heavy atom. The number of amides is 1. The van der Waals surface area contributed by atoms with E-state index < -0.39 is 0 Å². The number of aromatic nitrogens is 5. The Kier molecular flexibility index (Phi) is 4.14. The molecular formula is C13H18N6O3. The van der Waals surface area contributed by atoms with Crippen LogP contribution >= 0.6 is 0 Å². The number of carbonyl (C=O) groups is 1. The highest BCUT2D eigenvalue weighted by Crippen LogP contribution is 2.14. The number of hydrogen-bond acceptors (Lipinski definition) is 7. The second-order valence-corrected chi connectivity index (χ2v) is 5.42. The molecule has 0 aliphatic carbocycles. The highest BCUT2D eigenvalue weighted by atomic mass is 16.6. The van der Waals surface area contributed by atoms with Gasteiger partial charge in [0.15, 0.2) is 5.69 Å². The monoisotopic (exact) mass is 306 g/mol. The van der Waals surface area contributed by atoms with Crippen LogP contribution in [0.4, 0.5) is 0 Å². The molecule has 1 amide bonds. The van der Waals surface area contributed by atoms with E-state index in [1.54, 1.807) is 24.9 Å². The number of aryl methyl sites for hydroxylation is 1. The van der Waals surface area contributed by atoms with Crippen LogP contribution in [0, 0.1) is 6.92 Å². The maximum atomic E-state index is 12.3. The van der Waals surface area contributed by atoms with Gasteiger partial charge < -0.3 is 9.64 Å². The molecule has 0 saturated carbocycles. The van der Waals surface area contributed by atoms with E-state index in [0.717, 1.165) is 19.4 Å². The first-order chi connectivity index (χ1) is 10.6. The largest absolute Gasteiger partial charge is 0.376 e. The van der Waals surface area contributed by atoms with Gasteiger partial charge in [0.05, 0.1) is 25.4 Å². The summed E-state index contributed by atoms with van der Waals surface area (Å²) < 4.78 is 11.8. The fourth-order valence-electron chi connectivity index (χ4n) is 2.37. The van der Waals surface area contributed by atoms with E-state index in [-0.39, 0.29) is 12.0 Å². The average Bonchev–Trinajstić information content (AvgIpc) is 3.23. The van der Waals surface area contributed by atoms with E-state index in [1.807, 2.05) is 0 Å². The fraction of sp³-hybridized carbons (Fsp3) is 0.615. The molecule has 9 nitrogen and oxygen atoms in total. The van der Waals surface area contributed by atoms with Crippen molar-refractivity contribution in [1.29, 1.82) is 0 Å². The van der Waals surface area contributed by atoms with Gasteiger partial charge in [-0.1, -0.05) is 15.5 Å². The molecule has 1 saturated heterocycles. The molecule has 1 aliphatic heterocycles.